The molecule has 0 spiro atoms. The molecule has 0 radical (unpaired) electrons. The maximum Gasteiger partial charge on any atom is 0.0723 e. The monoisotopic (exact) mass is 275 g/mol. The van der Waals surface area contributed by atoms with Gasteiger partial charge in [0.2, 0.25) is 0 Å². The third-order valence-electron chi connectivity index (χ3n) is 4.18. The maximum atomic E-state index is 6.16. The summed E-state index contributed by atoms with van der Waals surface area (Å²) in [4.78, 5) is 0. The van der Waals surface area contributed by atoms with Crippen LogP contribution in [0.2, 0.25) is 0 Å². The lowest BCUT2D eigenvalue weighted by Crippen LogP contribution is -2.24. The van der Waals surface area contributed by atoms with Crippen LogP contribution in [0.4, 0.5) is 0 Å². The third kappa shape index (κ3) is 4.92. The summed E-state index contributed by atoms with van der Waals surface area (Å²) in [7, 11) is 0. The lowest BCUT2D eigenvalue weighted by atomic mass is 9.89. The van der Waals surface area contributed by atoms with Crippen molar-refractivity contribution in [2.75, 3.05) is 0 Å². The van der Waals surface area contributed by atoms with Crippen LogP contribution in [-0.2, 0) is 17.9 Å². The summed E-state index contributed by atoms with van der Waals surface area (Å²) in [5.74, 6) is 0.826. The largest absolute Gasteiger partial charge is 0.374 e. The molecule has 0 heterocycles. The Balaban J connectivity index is 1.88. The Labute approximate surface area is 123 Å². The van der Waals surface area contributed by atoms with E-state index in [9.17, 15) is 0 Å². The molecule has 1 aliphatic carbocycles. The van der Waals surface area contributed by atoms with Crippen molar-refractivity contribution in [3.05, 3.63) is 35.4 Å². The molecule has 0 amide bonds. The summed E-state index contributed by atoms with van der Waals surface area (Å²) in [6, 6.07) is 9.15. The van der Waals surface area contributed by atoms with Crippen LogP contribution in [0.1, 0.15) is 57.6 Å². The molecule has 1 fully saturated rings. The molecule has 112 valence electrons. The van der Waals surface area contributed by atoms with Crippen LogP contribution in [0.5, 0.6) is 0 Å². The van der Waals surface area contributed by atoms with Gasteiger partial charge in [0.15, 0.2) is 0 Å². The molecule has 1 aliphatic rings. The van der Waals surface area contributed by atoms with Crippen LogP contribution >= 0.6 is 0 Å². The van der Waals surface area contributed by atoms with E-state index in [1.165, 1.54) is 36.8 Å². The van der Waals surface area contributed by atoms with Crippen molar-refractivity contribution in [1.29, 1.82) is 0 Å². The second-order valence-corrected chi connectivity index (χ2v) is 6.51. The highest BCUT2D eigenvalue weighted by Gasteiger charge is 2.19. The van der Waals surface area contributed by atoms with Crippen molar-refractivity contribution >= 4 is 0 Å². The molecular weight excluding hydrogens is 246 g/mol. The number of benzene rings is 1. The molecule has 2 unspecified atom stereocenters. The van der Waals surface area contributed by atoms with Gasteiger partial charge >= 0.3 is 0 Å². The second-order valence-electron chi connectivity index (χ2n) is 6.51. The minimum atomic E-state index is 0.463. The summed E-state index contributed by atoms with van der Waals surface area (Å²) in [6.45, 7) is 8.40. The van der Waals surface area contributed by atoms with Crippen LogP contribution in [0.15, 0.2) is 24.3 Å². The van der Waals surface area contributed by atoms with Crippen LogP contribution in [-0.4, -0.2) is 12.1 Å². The molecule has 0 aliphatic heterocycles. The number of hydrogen-bond acceptors (Lipinski definition) is 2. The normalized spacial score (nSPS) is 23.2. The molecule has 20 heavy (non-hydrogen) atoms. The van der Waals surface area contributed by atoms with Crippen LogP contribution < -0.4 is 5.32 Å². The molecule has 0 saturated heterocycles. The van der Waals surface area contributed by atoms with Crippen molar-refractivity contribution in [3.63, 3.8) is 0 Å². The molecule has 0 aromatic heterocycles. The Morgan fingerprint density at radius 1 is 1.20 bits per heavy atom. The first-order valence-electron chi connectivity index (χ1n) is 8.07. The van der Waals surface area contributed by atoms with Gasteiger partial charge < -0.3 is 10.1 Å². The number of nitrogens with one attached hydrogen (secondary N) is 1. The molecule has 2 heteroatoms. The number of hydrogen-bond donors (Lipinski definition) is 1. The Kier molecular flexibility index (Phi) is 6.06. The first-order valence-corrected chi connectivity index (χ1v) is 8.07. The van der Waals surface area contributed by atoms with Crippen LogP contribution in [0, 0.1) is 5.92 Å². The van der Waals surface area contributed by atoms with Gasteiger partial charge in [0.25, 0.3) is 0 Å². The average molecular weight is 275 g/mol. The van der Waals surface area contributed by atoms with Crippen molar-refractivity contribution in [1.82, 2.24) is 5.32 Å². The zero-order chi connectivity index (χ0) is 14.4. The first kappa shape index (κ1) is 15.5. The molecular formula is C18H29NO. The zero-order valence-electron chi connectivity index (χ0n) is 13.2. The van der Waals surface area contributed by atoms with Gasteiger partial charge in [-0.05, 0) is 29.9 Å². The van der Waals surface area contributed by atoms with Crippen LogP contribution in [0.25, 0.3) is 0 Å². The first-order chi connectivity index (χ1) is 9.65. The molecule has 0 bridgehead atoms. The van der Waals surface area contributed by atoms with Gasteiger partial charge in [-0.3, -0.25) is 0 Å². The minimum absolute atomic E-state index is 0.463. The van der Waals surface area contributed by atoms with Crippen molar-refractivity contribution < 1.29 is 4.74 Å². The lowest BCUT2D eigenvalue weighted by molar-refractivity contribution is 0.00435. The molecule has 1 aromatic carbocycles. The standard InChI is InChI=1S/C18H29NO/c1-14(2)19-12-16-8-4-5-9-17(16)13-20-18-10-6-7-15(3)11-18/h4-5,8-9,14-15,18-19H,6-7,10-13H2,1-3H3. The van der Waals surface area contributed by atoms with Gasteiger partial charge in [0.05, 0.1) is 12.7 Å². The Morgan fingerprint density at radius 2 is 1.95 bits per heavy atom. The molecule has 2 atom stereocenters. The molecule has 1 N–H and O–H groups in total. The van der Waals surface area contributed by atoms with E-state index in [1.807, 2.05) is 0 Å². The highest BCUT2D eigenvalue weighted by atomic mass is 16.5. The second kappa shape index (κ2) is 7.80. The zero-order valence-corrected chi connectivity index (χ0v) is 13.2. The molecule has 1 saturated carbocycles. The highest BCUT2D eigenvalue weighted by molar-refractivity contribution is 5.26. The molecule has 2 nitrogen and oxygen atoms in total. The van der Waals surface area contributed by atoms with Gasteiger partial charge in [0, 0.05) is 12.6 Å². The lowest BCUT2D eigenvalue weighted by Gasteiger charge is -2.27. The molecule has 1 aromatic rings. The SMILES string of the molecule is CC1CCCC(OCc2ccccc2CNC(C)C)C1. The van der Waals surface area contributed by atoms with E-state index in [4.69, 9.17) is 4.74 Å². The van der Waals surface area contributed by atoms with Crippen molar-refractivity contribution in [2.45, 2.75) is 71.8 Å². The summed E-state index contributed by atoms with van der Waals surface area (Å²) in [5, 5.41) is 3.49. The fourth-order valence-electron chi connectivity index (χ4n) is 2.92. The van der Waals surface area contributed by atoms with Gasteiger partial charge in [-0.15, -0.1) is 0 Å². The topological polar surface area (TPSA) is 21.3 Å². The van der Waals surface area contributed by atoms with E-state index in [1.54, 1.807) is 0 Å². The predicted molar refractivity (Wildman–Crippen MR) is 84.6 cm³/mol. The fraction of sp³-hybridized carbons (Fsp3) is 0.667. The van der Waals surface area contributed by atoms with Gasteiger partial charge in [0.1, 0.15) is 0 Å². The smallest absolute Gasteiger partial charge is 0.0723 e. The maximum absolute atomic E-state index is 6.16. The quantitative estimate of drug-likeness (QED) is 0.836. The Hall–Kier alpha value is -0.860. The fourth-order valence-corrected chi connectivity index (χ4v) is 2.92. The van der Waals surface area contributed by atoms with E-state index in [0.29, 0.717) is 12.1 Å². The van der Waals surface area contributed by atoms with Crippen LogP contribution in [0.3, 0.4) is 0 Å². The van der Waals surface area contributed by atoms with Gasteiger partial charge in [-0.2, -0.15) is 0 Å². The summed E-state index contributed by atoms with van der Waals surface area (Å²) < 4.78 is 6.16. The van der Waals surface area contributed by atoms with Crippen molar-refractivity contribution in [2.24, 2.45) is 5.92 Å². The van der Waals surface area contributed by atoms with E-state index < -0.39 is 0 Å². The van der Waals surface area contributed by atoms with Crippen molar-refractivity contribution in [3.8, 4) is 0 Å². The summed E-state index contributed by atoms with van der Waals surface area (Å²) in [5.41, 5.74) is 2.70. The third-order valence-corrected chi connectivity index (χ3v) is 4.18. The molecule has 2 rings (SSSR count). The Bertz CT molecular complexity index is 402. The van der Waals surface area contributed by atoms with E-state index >= 15 is 0 Å². The van der Waals surface area contributed by atoms with E-state index in [0.717, 1.165) is 19.1 Å². The van der Waals surface area contributed by atoms with Gasteiger partial charge in [-0.25, -0.2) is 0 Å². The van der Waals surface area contributed by atoms with Gasteiger partial charge in [-0.1, -0.05) is 57.9 Å². The number of rotatable bonds is 6. The highest BCUT2D eigenvalue weighted by Crippen LogP contribution is 2.26. The summed E-state index contributed by atoms with van der Waals surface area (Å²) >= 11 is 0. The Morgan fingerprint density at radius 3 is 2.65 bits per heavy atom. The van der Waals surface area contributed by atoms with E-state index in [2.05, 4.69) is 50.4 Å². The summed E-state index contributed by atoms with van der Waals surface area (Å²) in [6.07, 6.45) is 5.62. The van der Waals surface area contributed by atoms with E-state index in [-0.39, 0.29) is 0 Å². The minimum Gasteiger partial charge on any atom is -0.374 e. The average Bonchev–Trinajstić information content (AvgIpc) is 2.44. The number of ether oxygens (including phenoxy) is 1. The predicted octanol–water partition coefficient (Wildman–Crippen LogP) is 4.28.